The minimum Gasteiger partial charge on any atom is -0.352 e. The molecule has 12 heteroatoms. The smallest absolute Gasteiger partial charge is 0.271 e. The number of rotatable bonds is 13. The van der Waals surface area contributed by atoms with Crippen LogP contribution in [0.5, 0.6) is 0 Å². The van der Waals surface area contributed by atoms with Crippen molar-refractivity contribution in [3.05, 3.63) is 105 Å². The van der Waals surface area contributed by atoms with E-state index in [1.165, 1.54) is 17.0 Å². The molecular weight excluding hydrogens is 580 g/mol. The van der Waals surface area contributed by atoms with Gasteiger partial charge in [0.1, 0.15) is 12.6 Å². The Bertz CT molecular complexity index is 1530. The van der Waals surface area contributed by atoms with E-state index in [2.05, 4.69) is 5.32 Å². The molecule has 224 valence electrons. The summed E-state index contributed by atoms with van der Waals surface area (Å²) in [6.45, 7) is 4.62. The topological polar surface area (TPSA) is 130 Å². The van der Waals surface area contributed by atoms with Crippen molar-refractivity contribution in [1.82, 2.24) is 10.2 Å². The number of carbonyl (C=O) groups is 2. The molecule has 0 heterocycles. The number of nitrogens with one attached hydrogen (secondary N) is 1. The molecule has 42 heavy (non-hydrogen) atoms. The number of nitro groups is 1. The summed E-state index contributed by atoms with van der Waals surface area (Å²) >= 11 is 6.46. The van der Waals surface area contributed by atoms with Crippen LogP contribution in [0, 0.1) is 17.0 Å². The van der Waals surface area contributed by atoms with E-state index in [0.29, 0.717) is 22.6 Å². The van der Waals surface area contributed by atoms with E-state index in [1.807, 2.05) is 44.2 Å². The number of benzene rings is 3. The van der Waals surface area contributed by atoms with Gasteiger partial charge in [0, 0.05) is 36.2 Å². The standard InChI is InChI=1S/C30H35ClN4O6S/c1-5-22(3)32-30(37)28(17-23-11-7-6-8-12-23)33(19-24-13-9-10-14-26(24)31)29(36)20-34(42(4,40)41)27-18-25(35(38)39)16-15-21(27)2/h6-16,18,22,28H,5,17,19-20H2,1-4H3,(H,32,37)/t22-,28+/m0/s1. The third-order valence-corrected chi connectivity index (χ3v) is 8.42. The number of carbonyl (C=O) groups excluding carboxylic acids is 2. The molecule has 3 aromatic rings. The summed E-state index contributed by atoms with van der Waals surface area (Å²) in [4.78, 5) is 40.0. The van der Waals surface area contributed by atoms with Crippen LogP contribution >= 0.6 is 11.6 Å². The number of halogens is 1. The van der Waals surface area contributed by atoms with Crippen molar-refractivity contribution in [3.8, 4) is 0 Å². The highest BCUT2D eigenvalue weighted by Gasteiger charge is 2.34. The molecule has 0 radical (unpaired) electrons. The summed E-state index contributed by atoms with van der Waals surface area (Å²) in [7, 11) is -4.08. The number of hydrogen-bond acceptors (Lipinski definition) is 6. The summed E-state index contributed by atoms with van der Waals surface area (Å²) in [6.07, 6.45) is 1.75. The van der Waals surface area contributed by atoms with Gasteiger partial charge in [0.25, 0.3) is 5.69 Å². The van der Waals surface area contributed by atoms with Crippen LogP contribution in [-0.2, 0) is 32.6 Å². The summed E-state index contributed by atoms with van der Waals surface area (Å²) in [5.41, 5.74) is 1.47. The second-order valence-electron chi connectivity index (χ2n) is 10.1. The van der Waals surface area contributed by atoms with Gasteiger partial charge in [0.05, 0.1) is 16.9 Å². The van der Waals surface area contributed by atoms with Gasteiger partial charge in [-0.25, -0.2) is 8.42 Å². The number of hydrogen-bond donors (Lipinski definition) is 1. The summed E-state index contributed by atoms with van der Waals surface area (Å²) in [6, 6.07) is 18.7. The van der Waals surface area contributed by atoms with Gasteiger partial charge in [0.15, 0.2) is 0 Å². The van der Waals surface area contributed by atoms with E-state index in [-0.39, 0.29) is 30.4 Å². The zero-order valence-electron chi connectivity index (χ0n) is 24.0. The van der Waals surface area contributed by atoms with Crippen molar-refractivity contribution in [2.75, 3.05) is 17.1 Å². The lowest BCUT2D eigenvalue weighted by Gasteiger charge is -2.34. The molecule has 0 aromatic heterocycles. The molecular formula is C30H35ClN4O6S. The largest absolute Gasteiger partial charge is 0.352 e. The molecule has 0 saturated carbocycles. The number of anilines is 1. The molecule has 2 amide bonds. The van der Waals surface area contributed by atoms with Crippen molar-refractivity contribution >= 4 is 44.8 Å². The number of sulfonamides is 1. The van der Waals surface area contributed by atoms with Crippen LogP contribution in [0.15, 0.2) is 72.8 Å². The van der Waals surface area contributed by atoms with Crippen LogP contribution in [0.1, 0.15) is 37.0 Å². The van der Waals surface area contributed by atoms with E-state index in [0.717, 1.165) is 22.2 Å². The minimum absolute atomic E-state index is 0.00131. The molecule has 0 fully saturated rings. The summed E-state index contributed by atoms with van der Waals surface area (Å²) in [5, 5.41) is 14.8. The summed E-state index contributed by atoms with van der Waals surface area (Å²) in [5.74, 6) is -1.07. The number of non-ortho nitro benzene ring substituents is 1. The molecule has 0 bridgehead atoms. The Morgan fingerprint density at radius 2 is 1.69 bits per heavy atom. The van der Waals surface area contributed by atoms with Crippen LogP contribution in [0.25, 0.3) is 0 Å². The van der Waals surface area contributed by atoms with Gasteiger partial charge in [0.2, 0.25) is 21.8 Å². The van der Waals surface area contributed by atoms with Crippen molar-refractivity contribution in [3.63, 3.8) is 0 Å². The highest BCUT2D eigenvalue weighted by Crippen LogP contribution is 2.28. The number of aryl methyl sites for hydroxylation is 1. The Morgan fingerprint density at radius 3 is 2.29 bits per heavy atom. The molecule has 2 atom stereocenters. The first-order valence-corrected chi connectivity index (χ1v) is 15.6. The Hall–Kier alpha value is -3.96. The fourth-order valence-corrected chi connectivity index (χ4v) is 5.47. The average Bonchev–Trinajstić information content (AvgIpc) is 2.94. The van der Waals surface area contributed by atoms with Crippen LogP contribution in [0.4, 0.5) is 11.4 Å². The Labute approximate surface area is 251 Å². The molecule has 1 N–H and O–H groups in total. The molecule has 0 aliphatic rings. The van der Waals surface area contributed by atoms with Gasteiger partial charge in [-0.15, -0.1) is 0 Å². The first-order valence-electron chi connectivity index (χ1n) is 13.4. The highest BCUT2D eigenvalue weighted by atomic mass is 35.5. The van der Waals surface area contributed by atoms with Crippen molar-refractivity contribution in [2.45, 2.75) is 52.2 Å². The van der Waals surface area contributed by atoms with Crippen LogP contribution in [-0.4, -0.2) is 54.9 Å². The van der Waals surface area contributed by atoms with E-state index in [4.69, 9.17) is 11.6 Å². The maximum atomic E-state index is 14.2. The zero-order chi connectivity index (χ0) is 31.0. The quantitative estimate of drug-likeness (QED) is 0.216. The molecule has 0 saturated heterocycles. The molecule has 3 rings (SSSR count). The predicted molar refractivity (Wildman–Crippen MR) is 164 cm³/mol. The third-order valence-electron chi connectivity index (χ3n) is 6.92. The number of nitrogens with zero attached hydrogens (tertiary/aromatic N) is 3. The highest BCUT2D eigenvalue weighted by molar-refractivity contribution is 7.92. The lowest BCUT2D eigenvalue weighted by molar-refractivity contribution is -0.384. The fraction of sp³-hybridized carbons (Fsp3) is 0.333. The Morgan fingerprint density at radius 1 is 1.05 bits per heavy atom. The lowest BCUT2D eigenvalue weighted by Crippen LogP contribution is -2.54. The first kappa shape index (κ1) is 32.6. The Kier molecular flexibility index (Phi) is 11.1. The zero-order valence-corrected chi connectivity index (χ0v) is 25.6. The normalized spacial score (nSPS) is 12.7. The molecule has 0 aliphatic heterocycles. The van der Waals surface area contributed by atoms with Crippen molar-refractivity contribution in [2.24, 2.45) is 0 Å². The van der Waals surface area contributed by atoms with E-state index in [9.17, 15) is 28.1 Å². The van der Waals surface area contributed by atoms with Gasteiger partial charge >= 0.3 is 0 Å². The van der Waals surface area contributed by atoms with Gasteiger partial charge in [-0.3, -0.25) is 24.0 Å². The van der Waals surface area contributed by atoms with Gasteiger partial charge < -0.3 is 10.2 Å². The maximum Gasteiger partial charge on any atom is 0.271 e. The molecule has 0 unspecified atom stereocenters. The van der Waals surface area contributed by atoms with E-state index >= 15 is 0 Å². The van der Waals surface area contributed by atoms with Crippen molar-refractivity contribution < 1.29 is 22.9 Å². The number of nitro benzene ring substituents is 1. The summed E-state index contributed by atoms with van der Waals surface area (Å²) < 4.78 is 26.8. The van der Waals surface area contributed by atoms with Crippen LogP contribution in [0.2, 0.25) is 5.02 Å². The van der Waals surface area contributed by atoms with E-state index < -0.39 is 39.3 Å². The van der Waals surface area contributed by atoms with Gasteiger partial charge in [-0.05, 0) is 43.0 Å². The van der Waals surface area contributed by atoms with Gasteiger partial charge in [-0.1, -0.05) is 73.1 Å². The maximum absolute atomic E-state index is 14.2. The van der Waals surface area contributed by atoms with Crippen LogP contribution in [0.3, 0.4) is 0 Å². The predicted octanol–water partition coefficient (Wildman–Crippen LogP) is 4.88. The molecule has 0 spiro atoms. The van der Waals surface area contributed by atoms with Crippen molar-refractivity contribution in [1.29, 1.82) is 0 Å². The SMILES string of the molecule is CC[C@H](C)NC(=O)[C@@H](Cc1ccccc1)N(Cc1ccccc1Cl)C(=O)CN(c1cc([N+](=O)[O-])ccc1C)S(C)(=O)=O. The van der Waals surface area contributed by atoms with Crippen LogP contribution < -0.4 is 9.62 Å². The second-order valence-corrected chi connectivity index (χ2v) is 12.4. The third kappa shape index (κ3) is 8.53. The Balaban J connectivity index is 2.12. The second kappa shape index (κ2) is 14.3. The first-order chi connectivity index (χ1) is 19.8. The van der Waals surface area contributed by atoms with E-state index in [1.54, 1.807) is 31.2 Å². The molecule has 10 nitrogen and oxygen atoms in total. The number of amides is 2. The monoisotopic (exact) mass is 614 g/mol. The average molecular weight is 615 g/mol. The molecule has 3 aromatic carbocycles. The van der Waals surface area contributed by atoms with Gasteiger partial charge in [-0.2, -0.15) is 0 Å². The lowest BCUT2D eigenvalue weighted by atomic mass is 10.0. The minimum atomic E-state index is -4.08. The fourth-order valence-electron chi connectivity index (χ4n) is 4.38. The molecule has 0 aliphatic carbocycles.